The van der Waals surface area contributed by atoms with E-state index in [2.05, 4.69) is 27.6 Å². The molecule has 5 nitrogen and oxygen atoms in total. The first kappa shape index (κ1) is 17.4. The lowest BCUT2D eigenvalue weighted by Gasteiger charge is -2.02. The second-order valence-corrected chi connectivity index (χ2v) is 7.39. The molecule has 1 N–H and O–H groups in total. The Labute approximate surface area is 154 Å². The van der Waals surface area contributed by atoms with E-state index in [1.165, 1.54) is 24.0 Å². The van der Waals surface area contributed by atoms with Crippen LogP contribution in [0.2, 0.25) is 0 Å². The molecule has 7 heteroatoms. The number of anilines is 1. The number of hydrogen-bond donors (Lipinski definition) is 1. The number of hydrogen-bond acceptors (Lipinski definition) is 7. The Morgan fingerprint density at radius 3 is 2.56 bits per heavy atom. The van der Waals surface area contributed by atoms with Crippen LogP contribution in [0.25, 0.3) is 0 Å². The van der Waals surface area contributed by atoms with Gasteiger partial charge in [0.15, 0.2) is 4.34 Å². The number of carbonyl (C=O) groups excluding carboxylic acids is 1. The maximum absolute atomic E-state index is 11.4. The lowest BCUT2D eigenvalue weighted by Crippen LogP contribution is -2.00. The molecule has 1 heterocycles. The molecule has 0 amide bonds. The maximum Gasteiger partial charge on any atom is 0.337 e. The first-order valence-electron chi connectivity index (χ1n) is 7.66. The van der Waals surface area contributed by atoms with Gasteiger partial charge in [-0.3, -0.25) is 0 Å². The minimum atomic E-state index is -0.322. The van der Waals surface area contributed by atoms with Gasteiger partial charge in [0.2, 0.25) is 5.13 Å². The fourth-order valence-electron chi connectivity index (χ4n) is 2.11. The van der Waals surface area contributed by atoms with E-state index < -0.39 is 0 Å². The second kappa shape index (κ2) is 8.64. The Morgan fingerprint density at radius 1 is 1.08 bits per heavy atom. The summed E-state index contributed by atoms with van der Waals surface area (Å²) < 4.78 is 5.61. The van der Waals surface area contributed by atoms with Crippen molar-refractivity contribution in [3.63, 3.8) is 0 Å². The van der Waals surface area contributed by atoms with Crippen molar-refractivity contribution in [2.75, 3.05) is 12.4 Å². The van der Waals surface area contributed by atoms with Crippen molar-refractivity contribution in [3.05, 3.63) is 71.3 Å². The van der Waals surface area contributed by atoms with Crippen LogP contribution in [-0.2, 0) is 17.0 Å². The summed E-state index contributed by atoms with van der Waals surface area (Å²) in [5.41, 5.74) is 2.88. The highest BCUT2D eigenvalue weighted by Crippen LogP contribution is 2.28. The molecule has 25 heavy (non-hydrogen) atoms. The molecular formula is C18H17N3O2S2. The second-order valence-electron chi connectivity index (χ2n) is 5.19. The van der Waals surface area contributed by atoms with Gasteiger partial charge in [-0.25, -0.2) is 4.79 Å². The van der Waals surface area contributed by atoms with Gasteiger partial charge in [0.1, 0.15) is 0 Å². The molecule has 1 aromatic heterocycles. The first-order chi connectivity index (χ1) is 12.2. The van der Waals surface area contributed by atoms with Crippen molar-refractivity contribution >= 4 is 34.2 Å². The van der Waals surface area contributed by atoms with E-state index in [1.807, 2.05) is 30.3 Å². The van der Waals surface area contributed by atoms with Crippen LogP contribution in [0.1, 0.15) is 21.5 Å². The van der Waals surface area contributed by atoms with Gasteiger partial charge in [0, 0.05) is 12.3 Å². The number of carbonyl (C=O) groups is 1. The molecule has 0 unspecified atom stereocenters. The molecule has 128 valence electrons. The minimum Gasteiger partial charge on any atom is -0.465 e. The van der Waals surface area contributed by atoms with E-state index in [4.69, 9.17) is 4.74 Å². The zero-order valence-electron chi connectivity index (χ0n) is 13.6. The predicted octanol–water partition coefficient (Wildman–Crippen LogP) is 4.23. The Bertz CT molecular complexity index is 820. The summed E-state index contributed by atoms with van der Waals surface area (Å²) in [6, 6.07) is 17.6. The molecule has 0 bridgehead atoms. The molecule has 0 radical (unpaired) electrons. The van der Waals surface area contributed by atoms with Gasteiger partial charge in [-0.15, -0.1) is 10.2 Å². The van der Waals surface area contributed by atoms with Crippen molar-refractivity contribution in [1.82, 2.24) is 10.2 Å². The average molecular weight is 371 g/mol. The summed E-state index contributed by atoms with van der Waals surface area (Å²) in [5, 5.41) is 12.5. The number of ether oxygens (including phenoxy) is 1. The van der Waals surface area contributed by atoms with Gasteiger partial charge in [-0.1, -0.05) is 65.6 Å². The normalized spacial score (nSPS) is 10.4. The number of nitrogens with one attached hydrogen (secondary N) is 1. The van der Waals surface area contributed by atoms with Crippen molar-refractivity contribution < 1.29 is 9.53 Å². The Kier molecular flexibility index (Phi) is 6.03. The fourth-order valence-corrected chi connectivity index (χ4v) is 3.82. The molecule has 0 aliphatic carbocycles. The third-order valence-corrected chi connectivity index (χ3v) is 5.52. The molecule has 0 aliphatic rings. The smallest absolute Gasteiger partial charge is 0.337 e. The molecule has 3 rings (SSSR count). The molecule has 0 fully saturated rings. The molecule has 0 spiro atoms. The molecule has 0 atom stereocenters. The van der Waals surface area contributed by atoms with E-state index in [9.17, 15) is 4.79 Å². The van der Waals surface area contributed by atoms with Crippen LogP contribution in [0.3, 0.4) is 0 Å². The van der Waals surface area contributed by atoms with Crippen LogP contribution in [0, 0.1) is 0 Å². The Morgan fingerprint density at radius 2 is 1.84 bits per heavy atom. The van der Waals surface area contributed by atoms with E-state index in [-0.39, 0.29) is 5.97 Å². The van der Waals surface area contributed by atoms with Crippen molar-refractivity contribution in [1.29, 1.82) is 0 Å². The Balaban J connectivity index is 1.50. The number of esters is 1. The lowest BCUT2D eigenvalue weighted by atomic mass is 10.1. The van der Waals surface area contributed by atoms with E-state index in [0.717, 1.165) is 27.3 Å². The van der Waals surface area contributed by atoms with Crippen LogP contribution in [0.5, 0.6) is 0 Å². The summed E-state index contributed by atoms with van der Waals surface area (Å²) in [4.78, 5) is 11.4. The van der Waals surface area contributed by atoms with Crippen molar-refractivity contribution in [3.8, 4) is 0 Å². The summed E-state index contributed by atoms with van der Waals surface area (Å²) in [5.74, 6) is 0.451. The number of benzene rings is 2. The average Bonchev–Trinajstić information content (AvgIpc) is 3.13. The number of rotatable bonds is 7. The van der Waals surface area contributed by atoms with Crippen molar-refractivity contribution in [2.24, 2.45) is 0 Å². The zero-order valence-corrected chi connectivity index (χ0v) is 15.3. The molecule has 0 saturated heterocycles. The van der Waals surface area contributed by atoms with E-state index >= 15 is 0 Å². The van der Waals surface area contributed by atoms with Gasteiger partial charge >= 0.3 is 5.97 Å². The van der Waals surface area contributed by atoms with Crippen LogP contribution in [0.15, 0.2) is 58.9 Å². The van der Waals surface area contributed by atoms with Gasteiger partial charge < -0.3 is 10.1 Å². The number of nitrogens with zero attached hydrogens (tertiary/aromatic N) is 2. The highest BCUT2D eigenvalue weighted by molar-refractivity contribution is 8.00. The van der Waals surface area contributed by atoms with Gasteiger partial charge in [0.05, 0.1) is 12.7 Å². The monoisotopic (exact) mass is 371 g/mol. The van der Waals surface area contributed by atoms with Crippen LogP contribution in [0.4, 0.5) is 5.13 Å². The summed E-state index contributed by atoms with van der Waals surface area (Å²) in [6.45, 7) is 0.731. The van der Waals surface area contributed by atoms with Crippen LogP contribution >= 0.6 is 23.1 Å². The molecular weight excluding hydrogens is 354 g/mol. The highest BCUT2D eigenvalue weighted by atomic mass is 32.2. The largest absolute Gasteiger partial charge is 0.465 e. The van der Waals surface area contributed by atoms with Gasteiger partial charge in [-0.2, -0.15) is 0 Å². The van der Waals surface area contributed by atoms with Gasteiger partial charge in [-0.05, 0) is 23.3 Å². The lowest BCUT2D eigenvalue weighted by molar-refractivity contribution is 0.0600. The standard InChI is InChI=1S/C18H17N3O2S2/c1-23-16(22)15-9-7-14(8-10-15)12-24-18-21-20-17(25-18)19-11-13-5-3-2-4-6-13/h2-10H,11-12H2,1H3,(H,19,20). The Hall–Kier alpha value is -2.38. The fraction of sp³-hybridized carbons (Fsp3) is 0.167. The SMILES string of the molecule is COC(=O)c1ccc(CSc2nnc(NCc3ccccc3)s2)cc1. The van der Waals surface area contributed by atoms with Gasteiger partial charge in [0.25, 0.3) is 0 Å². The minimum absolute atomic E-state index is 0.322. The molecule has 2 aromatic carbocycles. The summed E-state index contributed by atoms with van der Waals surface area (Å²) >= 11 is 3.16. The van der Waals surface area contributed by atoms with Crippen molar-refractivity contribution in [2.45, 2.75) is 16.6 Å². The predicted molar refractivity (Wildman–Crippen MR) is 101 cm³/mol. The first-order valence-corrected chi connectivity index (χ1v) is 9.46. The quantitative estimate of drug-likeness (QED) is 0.495. The van der Waals surface area contributed by atoms with Crippen LogP contribution < -0.4 is 5.32 Å². The third kappa shape index (κ3) is 5.04. The molecule has 0 aliphatic heterocycles. The maximum atomic E-state index is 11.4. The number of aromatic nitrogens is 2. The zero-order chi connectivity index (χ0) is 17.5. The molecule has 0 saturated carbocycles. The summed E-state index contributed by atoms with van der Waals surface area (Å²) in [6.07, 6.45) is 0. The highest BCUT2D eigenvalue weighted by Gasteiger charge is 2.07. The van der Waals surface area contributed by atoms with E-state index in [1.54, 1.807) is 23.9 Å². The third-order valence-electron chi connectivity index (χ3n) is 3.43. The summed E-state index contributed by atoms with van der Waals surface area (Å²) in [7, 11) is 1.38. The van der Waals surface area contributed by atoms with E-state index in [0.29, 0.717) is 5.56 Å². The molecule has 3 aromatic rings. The van der Waals surface area contributed by atoms with Crippen LogP contribution in [-0.4, -0.2) is 23.3 Å². The topological polar surface area (TPSA) is 64.1 Å². The number of methoxy groups -OCH3 is 1. The number of thioether (sulfide) groups is 1.